The van der Waals surface area contributed by atoms with Crippen LogP contribution in [-0.4, -0.2) is 30.1 Å². The van der Waals surface area contributed by atoms with E-state index in [1.807, 2.05) is 109 Å². The highest BCUT2D eigenvalue weighted by atomic mass is 16.1. The molecule has 180 valence electrons. The van der Waals surface area contributed by atoms with E-state index in [0.29, 0.717) is 17.3 Å². The zero-order valence-corrected chi connectivity index (χ0v) is 20.0. The lowest BCUT2D eigenvalue weighted by molar-refractivity contribution is 0.101. The van der Waals surface area contributed by atoms with Gasteiger partial charge in [-0.3, -0.25) is 4.79 Å². The number of carbonyl (C=O) groups excluding carboxylic acids is 1. The third-order valence-corrected chi connectivity index (χ3v) is 6.05. The Hall–Kier alpha value is -5.24. The summed E-state index contributed by atoms with van der Waals surface area (Å²) < 4.78 is 3.63. The molecule has 8 nitrogen and oxygen atoms in total. The number of rotatable bonds is 6. The van der Waals surface area contributed by atoms with Crippen LogP contribution in [0.25, 0.3) is 28.0 Å². The summed E-state index contributed by atoms with van der Waals surface area (Å²) in [6, 6.07) is 28.9. The van der Waals surface area contributed by atoms with Crippen molar-refractivity contribution in [3.8, 4) is 22.5 Å². The monoisotopic (exact) mass is 485 g/mol. The zero-order chi connectivity index (χ0) is 25.2. The molecule has 4 heterocycles. The van der Waals surface area contributed by atoms with Gasteiger partial charge >= 0.3 is 0 Å². The normalized spacial score (nSPS) is 10.9. The van der Waals surface area contributed by atoms with Crippen molar-refractivity contribution in [2.75, 3.05) is 10.6 Å². The highest BCUT2D eigenvalue weighted by Gasteiger charge is 2.19. The molecule has 0 unspecified atom stereocenters. The van der Waals surface area contributed by atoms with Crippen molar-refractivity contribution >= 4 is 28.7 Å². The van der Waals surface area contributed by atoms with Crippen molar-refractivity contribution in [1.82, 2.24) is 24.1 Å². The SMILES string of the molecule is Cn1cccc1C(=O)Nc1cccc(-c2nn3ccccc3c2-c2ccnc(Nc3ccccc3)n2)c1. The highest BCUT2D eigenvalue weighted by molar-refractivity contribution is 6.03. The number of pyridine rings is 1. The molecule has 0 bridgehead atoms. The average Bonchev–Trinajstić information content (AvgIpc) is 3.53. The molecule has 0 spiro atoms. The third kappa shape index (κ3) is 4.43. The smallest absolute Gasteiger partial charge is 0.272 e. The number of para-hydroxylation sites is 1. The van der Waals surface area contributed by atoms with E-state index in [4.69, 9.17) is 10.1 Å². The lowest BCUT2D eigenvalue weighted by Gasteiger charge is -2.09. The number of carbonyl (C=O) groups is 1. The number of nitrogens with zero attached hydrogens (tertiary/aromatic N) is 5. The van der Waals surface area contributed by atoms with E-state index in [1.54, 1.807) is 16.8 Å². The van der Waals surface area contributed by atoms with Gasteiger partial charge in [0.05, 0.1) is 16.8 Å². The van der Waals surface area contributed by atoms with E-state index in [9.17, 15) is 4.79 Å². The molecule has 0 aliphatic heterocycles. The molecule has 2 N–H and O–H groups in total. The van der Waals surface area contributed by atoms with Crippen LogP contribution in [-0.2, 0) is 7.05 Å². The molecule has 0 fully saturated rings. The quantitative estimate of drug-likeness (QED) is 0.312. The molecule has 0 saturated carbocycles. The Morgan fingerprint density at radius 2 is 1.68 bits per heavy atom. The Labute approximate surface area is 213 Å². The first-order valence-electron chi connectivity index (χ1n) is 11.8. The number of amides is 1. The average molecular weight is 486 g/mol. The van der Waals surface area contributed by atoms with Crippen molar-refractivity contribution in [3.63, 3.8) is 0 Å². The summed E-state index contributed by atoms with van der Waals surface area (Å²) in [6.45, 7) is 0. The minimum absolute atomic E-state index is 0.174. The summed E-state index contributed by atoms with van der Waals surface area (Å²) in [6.07, 6.45) is 5.49. The second-order valence-corrected chi connectivity index (χ2v) is 8.55. The van der Waals surface area contributed by atoms with Crippen molar-refractivity contribution in [1.29, 1.82) is 0 Å². The summed E-state index contributed by atoms with van der Waals surface area (Å²) >= 11 is 0. The molecule has 6 rings (SSSR count). The lowest BCUT2D eigenvalue weighted by Crippen LogP contribution is -2.15. The number of nitrogens with one attached hydrogen (secondary N) is 2. The van der Waals surface area contributed by atoms with Gasteiger partial charge in [0.2, 0.25) is 5.95 Å². The van der Waals surface area contributed by atoms with E-state index >= 15 is 0 Å². The molecule has 0 saturated heterocycles. The van der Waals surface area contributed by atoms with Gasteiger partial charge in [0.1, 0.15) is 11.4 Å². The van der Waals surface area contributed by atoms with Crippen LogP contribution >= 0.6 is 0 Å². The van der Waals surface area contributed by atoms with Gasteiger partial charge in [-0.1, -0.05) is 36.4 Å². The Morgan fingerprint density at radius 1 is 0.838 bits per heavy atom. The molecule has 6 aromatic rings. The number of aryl methyl sites for hydroxylation is 1. The van der Waals surface area contributed by atoms with Gasteiger partial charge in [0.25, 0.3) is 5.91 Å². The number of hydrogen-bond donors (Lipinski definition) is 2. The van der Waals surface area contributed by atoms with Crippen molar-refractivity contribution in [2.45, 2.75) is 0 Å². The van der Waals surface area contributed by atoms with Gasteiger partial charge in [-0.2, -0.15) is 5.10 Å². The second kappa shape index (κ2) is 9.43. The van der Waals surface area contributed by atoms with Crippen LogP contribution in [0, 0.1) is 0 Å². The van der Waals surface area contributed by atoms with E-state index in [0.717, 1.165) is 33.7 Å². The first-order chi connectivity index (χ1) is 18.2. The number of hydrogen-bond acceptors (Lipinski definition) is 5. The topological polar surface area (TPSA) is 89.1 Å². The molecule has 1 amide bonds. The van der Waals surface area contributed by atoms with Crippen molar-refractivity contribution in [3.05, 3.63) is 115 Å². The summed E-state index contributed by atoms with van der Waals surface area (Å²) in [5, 5.41) is 11.1. The molecule has 37 heavy (non-hydrogen) atoms. The van der Waals surface area contributed by atoms with Crippen LogP contribution in [0.15, 0.2) is 110 Å². The Bertz CT molecular complexity index is 1720. The first kappa shape index (κ1) is 22.2. The Balaban J connectivity index is 1.41. The molecule has 0 aliphatic carbocycles. The van der Waals surface area contributed by atoms with Crippen molar-refractivity contribution in [2.24, 2.45) is 7.05 Å². The van der Waals surface area contributed by atoms with Gasteiger partial charge in [-0.25, -0.2) is 14.5 Å². The summed E-state index contributed by atoms with van der Waals surface area (Å²) in [4.78, 5) is 22.0. The predicted octanol–water partition coefficient (Wildman–Crippen LogP) is 5.79. The van der Waals surface area contributed by atoms with Gasteiger partial charge in [0, 0.05) is 42.6 Å². The molecule has 8 heteroatoms. The zero-order valence-electron chi connectivity index (χ0n) is 20.0. The van der Waals surface area contributed by atoms with Crippen LogP contribution in [0.3, 0.4) is 0 Å². The van der Waals surface area contributed by atoms with Crippen LogP contribution < -0.4 is 10.6 Å². The highest BCUT2D eigenvalue weighted by Crippen LogP contribution is 2.35. The lowest BCUT2D eigenvalue weighted by atomic mass is 10.0. The maximum absolute atomic E-state index is 12.8. The third-order valence-electron chi connectivity index (χ3n) is 6.05. The van der Waals surface area contributed by atoms with Crippen LogP contribution in [0.2, 0.25) is 0 Å². The first-order valence-corrected chi connectivity index (χ1v) is 11.8. The summed E-state index contributed by atoms with van der Waals surface area (Å²) in [5.41, 5.74) is 6.32. The fourth-order valence-corrected chi connectivity index (χ4v) is 4.30. The Kier molecular flexibility index (Phi) is 5.67. The molecular weight excluding hydrogens is 462 g/mol. The van der Waals surface area contributed by atoms with Gasteiger partial charge in [0.15, 0.2) is 0 Å². The summed E-state index contributed by atoms with van der Waals surface area (Å²) in [5.74, 6) is 0.320. The van der Waals surface area contributed by atoms with Crippen LogP contribution in [0.5, 0.6) is 0 Å². The maximum Gasteiger partial charge on any atom is 0.272 e. The molecule has 4 aromatic heterocycles. The Morgan fingerprint density at radius 3 is 2.51 bits per heavy atom. The minimum Gasteiger partial charge on any atom is -0.347 e. The number of aromatic nitrogens is 5. The standard InChI is InChI=1S/C29H23N7O/c1-35-17-8-14-25(35)28(37)31-22-12-7-9-20(19-22)27-26(24-13-5-6-18-36(24)34-27)23-15-16-30-29(33-23)32-21-10-3-2-4-11-21/h2-19H,1H3,(H,31,37)(H,30,32,33). The van der Waals surface area contributed by atoms with E-state index < -0.39 is 0 Å². The van der Waals surface area contributed by atoms with E-state index in [2.05, 4.69) is 15.6 Å². The van der Waals surface area contributed by atoms with Gasteiger partial charge < -0.3 is 15.2 Å². The maximum atomic E-state index is 12.8. The molecular formula is C29H23N7O. The summed E-state index contributed by atoms with van der Waals surface area (Å²) in [7, 11) is 1.84. The van der Waals surface area contributed by atoms with Crippen LogP contribution in [0.1, 0.15) is 10.5 Å². The molecule has 0 radical (unpaired) electrons. The molecule has 0 atom stereocenters. The minimum atomic E-state index is -0.174. The largest absolute Gasteiger partial charge is 0.347 e. The van der Waals surface area contributed by atoms with Gasteiger partial charge in [-0.05, 0) is 54.6 Å². The number of fused-ring (bicyclic) bond motifs is 1. The number of anilines is 3. The van der Waals surface area contributed by atoms with Crippen LogP contribution in [0.4, 0.5) is 17.3 Å². The predicted molar refractivity (Wildman–Crippen MR) is 145 cm³/mol. The van der Waals surface area contributed by atoms with E-state index in [-0.39, 0.29) is 5.91 Å². The number of benzene rings is 2. The molecule has 2 aromatic carbocycles. The van der Waals surface area contributed by atoms with Crippen molar-refractivity contribution < 1.29 is 4.79 Å². The van der Waals surface area contributed by atoms with E-state index in [1.165, 1.54) is 0 Å². The fraction of sp³-hybridized carbons (Fsp3) is 0.0345. The fourth-order valence-electron chi connectivity index (χ4n) is 4.30. The molecule has 0 aliphatic rings. The second-order valence-electron chi connectivity index (χ2n) is 8.55. The van der Waals surface area contributed by atoms with Gasteiger partial charge in [-0.15, -0.1) is 0 Å².